The molecule has 0 saturated carbocycles. The van der Waals surface area contributed by atoms with Gasteiger partial charge in [-0.05, 0) is 58.7 Å². The van der Waals surface area contributed by atoms with Gasteiger partial charge in [0.1, 0.15) is 0 Å². The number of unbranched alkanes of at least 4 members (excludes halogenated alkanes) is 1. The average Bonchev–Trinajstić information content (AvgIpc) is 3.14. The van der Waals surface area contributed by atoms with Crippen LogP contribution in [-0.2, 0) is 11.3 Å². The highest BCUT2D eigenvalue weighted by atomic mass is 16.5. The summed E-state index contributed by atoms with van der Waals surface area (Å²) in [6.07, 6.45) is 4.40. The van der Waals surface area contributed by atoms with E-state index in [0.29, 0.717) is 19.1 Å². The molecule has 1 N–H and O–H groups in total. The van der Waals surface area contributed by atoms with Crippen LogP contribution in [0.4, 0.5) is 4.79 Å². The number of benzene rings is 1. The highest BCUT2D eigenvalue weighted by Gasteiger charge is 2.22. The minimum Gasteiger partial charge on any atom is -0.376 e. The monoisotopic (exact) mass is 361 g/mol. The second-order valence-electron chi connectivity index (χ2n) is 7.51. The third-order valence-corrected chi connectivity index (χ3v) is 5.05. The largest absolute Gasteiger partial charge is 0.376 e. The van der Waals surface area contributed by atoms with Crippen LogP contribution >= 0.6 is 0 Å². The van der Waals surface area contributed by atoms with Gasteiger partial charge >= 0.3 is 6.03 Å². The van der Waals surface area contributed by atoms with Crippen molar-refractivity contribution in [2.75, 3.05) is 33.3 Å². The van der Waals surface area contributed by atoms with Crippen LogP contribution in [-0.4, -0.2) is 61.3 Å². The standard InChI is InChI=1S/C21H35N3O2/c1-18(2)23(3)14-8-7-13-22-21(25)24(17-20-12-9-15-26-20)16-19-10-5-4-6-11-19/h4-6,10-11,18,20H,7-9,12-17H2,1-3H3,(H,22,25). The summed E-state index contributed by atoms with van der Waals surface area (Å²) in [5, 5.41) is 3.09. The molecule has 1 saturated heterocycles. The van der Waals surface area contributed by atoms with E-state index >= 15 is 0 Å². The maximum atomic E-state index is 12.7. The Morgan fingerprint density at radius 3 is 2.69 bits per heavy atom. The highest BCUT2D eigenvalue weighted by molar-refractivity contribution is 5.74. The van der Waals surface area contributed by atoms with Gasteiger partial charge in [-0.3, -0.25) is 0 Å². The van der Waals surface area contributed by atoms with Crippen molar-refractivity contribution in [2.24, 2.45) is 0 Å². The zero-order valence-corrected chi connectivity index (χ0v) is 16.6. The minimum atomic E-state index is 0.0153. The van der Waals surface area contributed by atoms with Gasteiger partial charge in [-0.2, -0.15) is 0 Å². The number of nitrogens with one attached hydrogen (secondary N) is 1. The predicted octanol–water partition coefficient (Wildman–Crippen LogP) is 3.50. The molecule has 0 spiro atoms. The molecule has 1 aromatic carbocycles. The fourth-order valence-corrected chi connectivity index (χ4v) is 3.11. The number of urea groups is 1. The molecule has 146 valence electrons. The van der Waals surface area contributed by atoms with Crippen molar-refractivity contribution in [3.05, 3.63) is 35.9 Å². The van der Waals surface area contributed by atoms with Gasteiger partial charge in [-0.1, -0.05) is 30.3 Å². The summed E-state index contributed by atoms with van der Waals surface area (Å²) < 4.78 is 5.74. The SMILES string of the molecule is CC(C)N(C)CCCCNC(=O)N(Cc1ccccc1)CC1CCCO1. The fraction of sp³-hybridized carbons (Fsp3) is 0.667. The van der Waals surface area contributed by atoms with Crippen molar-refractivity contribution in [1.82, 2.24) is 15.1 Å². The number of rotatable bonds is 10. The molecule has 1 aliphatic heterocycles. The van der Waals surface area contributed by atoms with E-state index in [9.17, 15) is 4.79 Å². The predicted molar refractivity (Wildman–Crippen MR) is 106 cm³/mol. The van der Waals surface area contributed by atoms with Crippen LogP contribution in [0.2, 0.25) is 0 Å². The molecule has 1 fully saturated rings. The molecule has 26 heavy (non-hydrogen) atoms. The van der Waals surface area contributed by atoms with Gasteiger partial charge < -0.3 is 19.9 Å². The molecule has 0 aliphatic carbocycles. The summed E-state index contributed by atoms with van der Waals surface area (Å²) in [4.78, 5) is 16.9. The summed E-state index contributed by atoms with van der Waals surface area (Å²) in [6.45, 7) is 8.30. The first-order valence-electron chi connectivity index (χ1n) is 9.95. The highest BCUT2D eigenvalue weighted by Crippen LogP contribution is 2.15. The number of nitrogens with zero attached hydrogens (tertiary/aromatic N) is 2. The Morgan fingerprint density at radius 1 is 1.27 bits per heavy atom. The van der Waals surface area contributed by atoms with Gasteiger partial charge in [0.2, 0.25) is 0 Å². The van der Waals surface area contributed by atoms with E-state index in [2.05, 4.69) is 43.2 Å². The molecule has 0 bridgehead atoms. The Balaban J connectivity index is 1.78. The van der Waals surface area contributed by atoms with Gasteiger partial charge in [-0.25, -0.2) is 4.79 Å². The van der Waals surface area contributed by atoms with E-state index < -0.39 is 0 Å². The molecule has 0 radical (unpaired) electrons. The Kier molecular flexibility index (Phi) is 8.92. The molecular formula is C21H35N3O2. The lowest BCUT2D eigenvalue weighted by atomic mass is 10.2. The molecule has 1 aliphatic rings. The second kappa shape index (κ2) is 11.2. The summed E-state index contributed by atoms with van der Waals surface area (Å²) in [5.74, 6) is 0. The van der Waals surface area contributed by atoms with Crippen molar-refractivity contribution in [2.45, 2.75) is 58.2 Å². The van der Waals surface area contributed by atoms with Gasteiger partial charge in [-0.15, -0.1) is 0 Å². The van der Waals surface area contributed by atoms with Crippen LogP contribution in [0.25, 0.3) is 0 Å². The van der Waals surface area contributed by atoms with E-state index in [1.165, 1.54) is 0 Å². The van der Waals surface area contributed by atoms with Crippen LogP contribution in [0.1, 0.15) is 45.1 Å². The first kappa shape index (κ1) is 20.7. The molecule has 1 aromatic rings. The van der Waals surface area contributed by atoms with E-state index in [4.69, 9.17) is 4.74 Å². The number of hydrogen-bond donors (Lipinski definition) is 1. The van der Waals surface area contributed by atoms with Crippen molar-refractivity contribution in [3.63, 3.8) is 0 Å². The van der Waals surface area contributed by atoms with E-state index in [1.54, 1.807) is 0 Å². The van der Waals surface area contributed by atoms with Crippen LogP contribution in [0, 0.1) is 0 Å². The van der Waals surface area contributed by atoms with Crippen molar-refractivity contribution in [3.8, 4) is 0 Å². The van der Waals surface area contributed by atoms with E-state index in [-0.39, 0.29) is 12.1 Å². The van der Waals surface area contributed by atoms with Crippen LogP contribution in [0.15, 0.2) is 30.3 Å². The Labute approximate surface area is 158 Å². The topological polar surface area (TPSA) is 44.8 Å². The molecule has 1 unspecified atom stereocenters. The lowest BCUT2D eigenvalue weighted by molar-refractivity contribution is 0.0795. The van der Waals surface area contributed by atoms with Crippen molar-refractivity contribution >= 4 is 6.03 Å². The van der Waals surface area contributed by atoms with Crippen LogP contribution in [0.3, 0.4) is 0 Å². The molecule has 0 aromatic heterocycles. The lowest BCUT2D eigenvalue weighted by Crippen LogP contribution is -2.43. The normalized spacial score (nSPS) is 17.0. The van der Waals surface area contributed by atoms with Crippen molar-refractivity contribution < 1.29 is 9.53 Å². The molecule has 5 heteroatoms. The van der Waals surface area contributed by atoms with Gasteiger partial charge in [0.25, 0.3) is 0 Å². The zero-order chi connectivity index (χ0) is 18.8. The zero-order valence-electron chi connectivity index (χ0n) is 16.6. The Morgan fingerprint density at radius 2 is 2.04 bits per heavy atom. The minimum absolute atomic E-state index is 0.0153. The molecule has 5 nitrogen and oxygen atoms in total. The Bertz CT molecular complexity index is 515. The lowest BCUT2D eigenvalue weighted by Gasteiger charge is -2.26. The van der Waals surface area contributed by atoms with Crippen molar-refractivity contribution in [1.29, 1.82) is 0 Å². The summed E-state index contributed by atoms with van der Waals surface area (Å²) in [6, 6.07) is 10.8. The number of carbonyl (C=O) groups excluding carboxylic acids is 1. The Hall–Kier alpha value is -1.59. The average molecular weight is 362 g/mol. The summed E-state index contributed by atoms with van der Waals surface area (Å²) >= 11 is 0. The number of ether oxygens (including phenoxy) is 1. The third kappa shape index (κ3) is 7.34. The molecule has 1 atom stereocenters. The van der Waals surface area contributed by atoms with Crippen LogP contribution in [0.5, 0.6) is 0 Å². The van der Waals surface area contributed by atoms with Gasteiger partial charge in [0.05, 0.1) is 6.10 Å². The fourth-order valence-electron chi connectivity index (χ4n) is 3.11. The number of hydrogen-bond acceptors (Lipinski definition) is 3. The maximum absolute atomic E-state index is 12.7. The second-order valence-corrected chi connectivity index (χ2v) is 7.51. The first-order valence-corrected chi connectivity index (χ1v) is 9.95. The first-order chi connectivity index (χ1) is 12.6. The summed E-state index contributed by atoms with van der Waals surface area (Å²) in [5.41, 5.74) is 1.15. The van der Waals surface area contributed by atoms with Gasteiger partial charge in [0, 0.05) is 32.3 Å². The maximum Gasteiger partial charge on any atom is 0.317 e. The quantitative estimate of drug-likeness (QED) is 0.649. The van der Waals surface area contributed by atoms with Gasteiger partial charge in [0.15, 0.2) is 0 Å². The molecular weight excluding hydrogens is 326 g/mol. The molecule has 2 rings (SSSR count). The molecule has 2 amide bonds. The smallest absolute Gasteiger partial charge is 0.317 e. The number of carbonyl (C=O) groups is 1. The van der Waals surface area contributed by atoms with Crippen LogP contribution < -0.4 is 5.32 Å². The van der Waals surface area contributed by atoms with E-state index in [1.807, 2.05) is 23.1 Å². The summed E-state index contributed by atoms with van der Waals surface area (Å²) in [7, 11) is 2.15. The third-order valence-electron chi connectivity index (χ3n) is 5.05. The van der Waals surface area contributed by atoms with E-state index in [0.717, 1.165) is 50.9 Å². The molecule has 1 heterocycles. The number of amides is 2.